The van der Waals surface area contributed by atoms with Crippen molar-refractivity contribution in [1.29, 1.82) is 0 Å². The van der Waals surface area contributed by atoms with Crippen LogP contribution in [0.5, 0.6) is 0 Å². The highest BCUT2D eigenvalue weighted by molar-refractivity contribution is 5.48. The van der Waals surface area contributed by atoms with Crippen molar-refractivity contribution in [2.75, 3.05) is 0 Å². The second kappa shape index (κ2) is 15.1. The third-order valence-electron chi connectivity index (χ3n) is 2.78. The topological polar surface area (TPSA) is 17.1 Å². The SMILES string of the molecule is CCCC=C/C=C\CCCCCCCCC=O. The molecular weight excluding hydrogens is 208 g/mol. The number of hydrogen-bond acceptors (Lipinski definition) is 1. The Kier molecular flexibility index (Phi) is 14.4. The lowest BCUT2D eigenvalue weighted by atomic mass is 10.1. The predicted molar refractivity (Wildman–Crippen MR) is 76.2 cm³/mol. The summed E-state index contributed by atoms with van der Waals surface area (Å²) in [6.07, 6.45) is 21.7. The van der Waals surface area contributed by atoms with Gasteiger partial charge >= 0.3 is 0 Å². The zero-order chi connectivity index (χ0) is 12.6. The molecule has 0 atom stereocenters. The molecule has 0 fully saturated rings. The van der Waals surface area contributed by atoms with Crippen molar-refractivity contribution in [2.24, 2.45) is 0 Å². The molecule has 0 bridgehead atoms. The second-order valence-electron chi connectivity index (χ2n) is 4.51. The predicted octanol–water partition coefficient (Wildman–Crippen LogP) is 5.22. The zero-order valence-corrected chi connectivity index (χ0v) is 11.4. The van der Waals surface area contributed by atoms with Crippen LogP contribution in [0.3, 0.4) is 0 Å². The fourth-order valence-electron chi connectivity index (χ4n) is 1.71. The maximum absolute atomic E-state index is 10.1. The number of carbonyl (C=O) groups is 1. The summed E-state index contributed by atoms with van der Waals surface area (Å²) < 4.78 is 0. The molecule has 0 aromatic heterocycles. The maximum atomic E-state index is 10.1. The molecule has 0 aliphatic heterocycles. The van der Waals surface area contributed by atoms with Crippen LogP contribution < -0.4 is 0 Å². The van der Waals surface area contributed by atoms with Gasteiger partial charge in [0.15, 0.2) is 0 Å². The van der Waals surface area contributed by atoms with Crippen LogP contribution in [0.1, 0.15) is 71.1 Å². The first-order chi connectivity index (χ1) is 8.41. The number of hydrogen-bond donors (Lipinski definition) is 0. The van der Waals surface area contributed by atoms with Crippen LogP contribution in [0.4, 0.5) is 0 Å². The average Bonchev–Trinajstić information content (AvgIpc) is 2.35. The first-order valence-electron chi connectivity index (χ1n) is 7.17. The summed E-state index contributed by atoms with van der Waals surface area (Å²) in [5.74, 6) is 0. The molecule has 0 rings (SSSR count). The van der Waals surface area contributed by atoms with Crippen molar-refractivity contribution in [3.8, 4) is 0 Å². The van der Waals surface area contributed by atoms with Gasteiger partial charge in [0.2, 0.25) is 0 Å². The quantitative estimate of drug-likeness (QED) is 0.258. The van der Waals surface area contributed by atoms with Gasteiger partial charge in [-0.25, -0.2) is 0 Å². The Hall–Kier alpha value is -0.850. The molecule has 0 heterocycles. The van der Waals surface area contributed by atoms with E-state index in [4.69, 9.17) is 0 Å². The lowest BCUT2D eigenvalue weighted by Gasteiger charge is -1.98. The Bertz CT molecular complexity index is 204. The van der Waals surface area contributed by atoms with Gasteiger partial charge in [-0.3, -0.25) is 0 Å². The van der Waals surface area contributed by atoms with E-state index >= 15 is 0 Å². The molecule has 1 nitrogen and oxygen atoms in total. The summed E-state index contributed by atoms with van der Waals surface area (Å²) in [5, 5.41) is 0. The Labute approximate surface area is 107 Å². The lowest BCUT2D eigenvalue weighted by Crippen LogP contribution is -1.80. The monoisotopic (exact) mass is 236 g/mol. The van der Waals surface area contributed by atoms with Crippen LogP contribution >= 0.6 is 0 Å². The van der Waals surface area contributed by atoms with Gasteiger partial charge in [-0.2, -0.15) is 0 Å². The van der Waals surface area contributed by atoms with E-state index in [0.29, 0.717) is 0 Å². The van der Waals surface area contributed by atoms with Gasteiger partial charge in [0, 0.05) is 6.42 Å². The van der Waals surface area contributed by atoms with E-state index < -0.39 is 0 Å². The Balaban J connectivity index is 3.09. The van der Waals surface area contributed by atoms with Crippen molar-refractivity contribution in [2.45, 2.75) is 71.1 Å². The van der Waals surface area contributed by atoms with Crippen molar-refractivity contribution in [3.63, 3.8) is 0 Å². The summed E-state index contributed by atoms with van der Waals surface area (Å²) in [4.78, 5) is 10.1. The van der Waals surface area contributed by atoms with E-state index in [1.165, 1.54) is 51.4 Å². The third kappa shape index (κ3) is 15.1. The number of rotatable bonds is 12. The minimum Gasteiger partial charge on any atom is -0.303 e. The number of unbranched alkanes of at least 4 members (excludes halogenated alkanes) is 8. The average molecular weight is 236 g/mol. The molecule has 0 saturated heterocycles. The van der Waals surface area contributed by atoms with Crippen LogP contribution in [-0.4, -0.2) is 6.29 Å². The van der Waals surface area contributed by atoms with Gasteiger partial charge < -0.3 is 4.79 Å². The molecule has 17 heavy (non-hydrogen) atoms. The van der Waals surface area contributed by atoms with Gasteiger partial charge in [0.25, 0.3) is 0 Å². The summed E-state index contributed by atoms with van der Waals surface area (Å²) in [5.41, 5.74) is 0. The fourth-order valence-corrected chi connectivity index (χ4v) is 1.71. The largest absolute Gasteiger partial charge is 0.303 e. The first kappa shape index (κ1) is 16.1. The molecule has 1 heteroatoms. The van der Waals surface area contributed by atoms with Crippen molar-refractivity contribution >= 4 is 6.29 Å². The molecule has 0 aromatic rings. The van der Waals surface area contributed by atoms with Gasteiger partial charge in [-0.15, -0.1) is 0 Å². The van der Waals surface area contributed by atoms with E-state index in [-0.39, 0.29) is 0 Å². The van der Waals surface area contributed by atoms with Gasteiger partial charge in [-0.05, 0) is 25.7 Å². The number of carbonyl (C=O) groups excluding carboxylic acids is 1. The standard InChI is InChI=1S/C16H28O/c1-2-3-4-5-6-7-8-9-10-11-12-13-14-15-16-17/h4-7,16H,2-3,8-15H2,1H3/b5-4?,7-6-. The zero-order valence-electron chi connectivity index (χ0n) is 11.4. The van der Waals surface area contributed by atoms with Crippen molar-refractivity contribution in [3.05, 3.63) is 24.3 Å². The number of allylic oxidation sites excluding steroid dienone is 4. The lowest BCUT2D eigenvalue weighted by molar-refractivity contribution is -0.107. The van der Waals surface area contributed by atoms with Crippen LogP contribution in [-0.2, 0) is 4.79 Å². The third-order valence-corrected chi connectivity index (χ3v) is 2.78. The van der Waals surface area contributed by atoms with Crippen LogP contribution in [0, 0.1) is 0 Å². The molecule has 0 N–H and O–H groups in total. The molecule has 0 aliphatic rings. The maximum Gasteiger partial charge on any atom is 0.119 e. The summed E-state index contributed by atoms with van der Waals surface area (Å²) in [6.45, 7) is 2.20. The van der Waals surface area contributed by atoms with Gasteiger partial charge in [-0.1, -0.05) is 63.3 Å². The van der Waals surface area contributed by atoms with Crippen molar-refractivity contribution < 1.29 is 4.79 Å². The van der Waals surface area contributed by atoms with Gasteiger partial charge in [0.05, 0.1) is 0 Å². The molecule has 0 unspecified atom stereocenters. The van der Waals surface area contributed by atoms with E-state index in [1.807, 2.05) is 0 Å². The van der Waals surface area contributed by atoms with E-state index in [9.17, 15) is 4.79 Å². The van der Waals surface area contributed by atoms with Gasteiger partial charge in [0.1, 0.15) is 6.29 Å². The van der Waals surface area contributed by atoms with Crippen molar-refractivity contribution in [1.82, 2.24) is 0 Å². The first-order valence-corrected chi connectivity index (χ1v) is 7.17. The highest BCUT2D eigenvalue weighted by Gasteiger charge is 1.89. The second-order valence-corrected chi connectivity index (χ2v) is 4.51. The highest BCUT2D eigenvalue weighted by atomic mass is 16.1. The van der Waals surface area contributed by atoms with Crippen LogP contribution in [0.2, 0.25) is 0 Å². The molecule has 98 valence electrons. The normalized spacial score (nSPS) is 11.6. The molecular formula is C16H28O. The molecule has 0 radical (unpaired) electrons. The Morgan fingerprint density at radius 1 is 0.706 bits per heavy atom. The van der Waals surface area contributed by atoms with E-state index in [2.05, 4.69) is 31.2 Å². The highest BCUT2D eigenvalue weighted by Crippen LogP contribution is 2.08. The summed E-state index contributed by atoms with van der Waals surface area (Å²) in [7, 11) is 0. The molecule has 0 aliphatic carbocycles. The molecule has 0 amide bonds. The Morgan fingerprint density at radius 3 is 1.82 bits per heavy atom. The van der Waals surface area contributed by atoms with Crippen LogP contribution in [0.15, 0.2) is 24.3 Å². The smallest absolute Gasteiger partial charge is 0.119 e. The van der Waals surface area contributed by atoms with Crippen LogP contribution in [0.25, 0.3) is 0 Å². The summed E-state index contributed by atoms with van der Waals surface area (Å²) >= 11 is 0. The minimum absolute atomic E-state index is 0.743. The fraction of sp³-hybridized carbons (Fsp3) is 0.688. The molecule has 0 aromatic carbocycles. The Morgan fingerprint density at radius 2 is 1.24 bits per heavy atom. The van der Waals surface area contributed by atoms with E-state index in [0.717, 1.165) is 19.1 Å². The summed E-state index contributed by atoms with van der Waals surface area (Å²) in [6, 6.07) is 0. The minimum atomic E-state index is 0.743. The van der Waals surface area contributed by atoms with E-state index in [1.54, 1.807) is 0 Å². The molecule has 0 spiro atoms. The molecule has 0 saturated carbocycles. The number of aldehydes is 1.